The predicted molar refractivity (Wildman–Crippen MR) is 135 cm³/mol. The maximum atomic E-state index is 13.0. The third-order valence-corrected chi connectivity index (χ3v) is 5.75. The summed E-state index contributed by atoms with van der Waals surface area (Å²) in [6.45, 7) is 4.50. The molecule has 1 unspecified atom stereocenters. The van der Waals surface area contributed by atoms with Crippen molar-refractivity contribution in [2.24, 2.45) is 11.7 Å². The average molecular weight is 503 g/mol. The van der Waals surface area contributed by atoms with Crippen molar-refractivity contribution in [2.75, 3.05) is 13.2 Å². The summed E-state index contributed by atoms with van der Waals surface area (Å²) in [6.07, 6.45) is 0.928. The number of nitriles is 1. The highest BCUT2D eigenvalue weighted by Gasteiger charge is 2.31. The van der Waals surface area contributed by atoms with Crippen LogP contribution in [0, 0.1) is 23.1 Å². The molecule has 190 valence electrons. The number of hydrogen-bond acceptors (Lipinski definition) is 7. The molecule has 1 heterocycles. The van der Waals surface area contributed by atoms with Crippen molar-refractivity contribution in [1.82, 2.24) is 0 Å². The smallest absolute Gasteiger partial charge is 0.349 e. The summed E-state index contributed by atoms with van der Waals surface area (Å²) in [4.78, 5) is 12.3. The first-order valence-electron chi connectivity index (χ1n) is 11.9. The Hall–Kier alpha value is -4.51. The van der Waals surface area contributed by atoms with E-state index in [4.69, 9.17) is 24.7 Å². The lowest BCUT2D eigenvalue weighted by atomic mass is 9.83. The van der Waals surface area contributed by atoms with Gasteiger partial charge in [0.1, 0.15) is 40.5 Å². The molecule has 37 heavy (non-hydrogen) atoms. The number of benzene rings is 3. The molecule has 7 nitrogen and oxygen atoms in total. The molecule has 8 heteroatoms. The molecule has 0 radical (unpaired) electrons. The van der Waals surface area contributed by atoms with E-state index in [9.17, 15) is 14.4 Å². The monoisotopic (exact) mass is 502 g/mol. The molecule has 0 aliphatic carbocycles. The van der Waals surface area contributed by atoms with Gasteiger partial charge in [0.05, 0.1) is 12.5 Å². The van der Waals surface area contributed by atoms with Gasteiger partial charge in [0.15, 0.2) is 6.61 Å². The number of rotatable bonds is 9. The number of halogens is 1. The van der Waals surface area contributed by atoms with E-state index >= 15 is 0 Å². The van der Waals surface area contributed by atoms with E-state index in [-0.39, 0.29) is 23.8 Å². The van der Waals surface area contributed by atoms with Gasteiger partial charge >= 0.3 is 5.97 Å². The van der Waals surface area contributed by atoms with Crippen molar-refractivity contribution < 1.29 is 28.1 Å². The molecule has 4 rings (SSSR count). The minimum Gasteiger partial charge on any atom is -0.494 e. The van der Waals surface area contributed by atoms with Crippen molar-refractivity contribution >= 4 is 5.97 Å². The summed E-state index contributed by atoms with van der Waals surface area (Å²) in [7, 11) is 0. The Labute approximate surface area is 214 Å². The number of fused-ring (bicyclic) bond motifs is 1. The highest BCUT2D eigenvalue weighted by molar-refractivity contribution is 5.74. The van der Waals surface area contributed by atoms with E-state index in [0.717, 1.165) is 12.0 Å². The van der Waals surface area contributed by atoms with Gasteiger partial charge in [0.25, 0.3) is 0 Å². The van der Waals surface area contributed by atoms with Gasteiger partial charge in [-0.1, -0.05) is 32.0 Å². The van der Waals surface area contributed by atoms with Crippen molar-refractivity contribution in [1.29, 1.82) is 5.26 Å². The van der Waals surface area contributed by atoms with Crippen LogP contribution in [0.25, 0.3) is 0 Å². The van der Waals surface area contributed by atoms with E-state index in [1.807, 2.05) is 24.3 Å². The zero-order chi connectivity index (χ0) is 26.4. The Morgan fingerprint density at radius 2 is 1.81 bits per heavy atom. The van der Waals surface area contributed by atoms with Crippen LogP contribution in [-0.4, -0.2) is 19.2 Å². The van der Waals surface area contributed by atoms with Gasteiger partial charge in [-0.25, -0.2) is 9.18 Å². The van der Waals surface area contributed by atoms with Gasteiger partial charge < -0.3 is 24.7 Å². The van der Waals surface area contributed by atoms with E-state index in [1.54, 1.807) is 18.2 Å². The molecule has 0 saturated heterocycles. The lowest BCUT2D eigenvalue weighted by Crippen LogP contribution is -2.21. The Bertz CT molecular complexity index is 1350. The van der Waals surface area contributed by atoms with Crippen molar-refractivity contribution in [2.45, 2.75) is 26.2 Å². The third kappa shape index (κ3) is 6.39. The quantitative estimate of drug-likeness (QED) is 0.306. The van der Waals surface area contributed by atoms with Crippen LogP contribution in [-0.2, 0) is 4.79 Å². The van der Waals surface area contributed by atoms with Gasteiger partial charge in [-0.2, -0.15) is 5.26 Å². The summed E-state index contributed by atoms with van der Waals surface area (Å²) in [5, 5.41) is 9.83. The summed E-state index contributed by atoms with van der Waals surface area (Å²) in [5.41, 5.74) is 7.91. The van der Waals surface area contributed by atoms with Crippen LogP contribution < -0.4 is 24.7 Å². The fourth-order valence-corrected chi connectivity index (χ4v) is 3.87. The van der Waals surface area contributed by atoms with Gasteiger partial charge in [-0.15, -0.1) is 0 Å². The number of allylic oxidation sites excluding steroid dienone is 1. The average Bonchev–Trinajstić information content (AvgIpc) is 2.87. The Balaban J connectivity index is 1.52. The molecule has 0 aromatic heterocycles. The zero-order valence-electron chi connectivity index (χ0n) is 20.6. The summed E-state index contributed by atoms with van der Waals surface area (Å²) >= 11 is 0. The van der Waals surface area contributed by atoms with Crippen molar-refractivity contribution in [3.8, 4) is 29.1 Å². The minimum atomic E-state index is -0.649. The molecule has 1 atom stereocenters. The van der Waals surface area contributed by atoms with E-state index < -0.39 is 17.7 Å². The van der Waals surface area contributed by atoms with Crippen LogP contribution in [0.5, 0.6) is 23.0 Å². The largest absolute Gasteiger partial charge is 0.494 e. The number of carbonyl (C=O) groups excluding carboxylic acids is 1. The van der Waals surface area contributed by atoms with Crippen LogP contribution in [0.4, 0.5) is 4.39 Å². The number of esters is 1. The fraction of sp³-hybridized carbons (Fsp3) is 0.241. The molecule has 0 amide bonds. The van der Waals surface area contributed by atoms with Crippen LogP contribution in [0.3, 0.4) is 0 Å². The third-order valence-electron chi connectivity index (χ3n) is 5.75. The van der Waals surface area contributed by atoms with Crippen LogP contribution in [0.15, 0.2) is 78.2 Å². The summed E-state index contributed by atoms with van der Waals surface area (Å²) in [5.74, 6) is 0.617. The molecule has 3 aromatic carbocycles. The van der Waals surface area contributed by atoms with Crippen LogP contribution >= 0.6 is 0 Å². The van der Waals surface area contributed by atoms with E-state index in [0.29, 0.717) is 35.3 Å². The normalized spacial score (nSPS) is 14.4. The zero-order valence-corrected chi connectivity index (χ0v) is 20.6. The van der Waals surface area contributed by atoms with Crippen LogP contribution in [0.1, 0.15) is 37.3 Å². The molecular formula is C29H27FN2O5. The summed E-state index contributed by atoms with van der Waals surface area (Å²) < 4.78 is 35.4. The minimum absolute atomic E-state index is 0.0192. The first kappa shape index (κ1) is 25.6. The molecular weight excluding hydrogens is 475 g/mol. The Morgan fingerprint density at radius 1 is 1.05 bits per heavy atom. The van der Waals surface area contributed by atoms with Gasteiger partial charge in [-0.05, 0) is 60.4 Å². The molecule has 0 saturated carbocycles. The highest BCUT2D eigenvalue weighted by atomic mass is 19.1. The standard InChI is InChI=1S/C29H27FN2O5/c1-18(2)12-13-34-22-5-3-4-19(14-22)28-24-11-10-23(15-26(24)37-29(32)25(28)16-31)36-27(33)17-35-21-8-6-20(30)7-9-21/h3-11,14-15,18,28H,12-13,17,32H2,1-2H3. The second kappa shape index (κ2) is 11.5. The van der Waals surface area contributed by atoms with Gasteiger partial charge in [-0.3, -0.25) is 0 Å². The lowest BCUT2D eigenvalue weighted by Gasteiger charge is -2.27. The van der Waals surface area contributed by atoms with Crippen LogP contribution in [0.2, 0.25) is 0 Å². The molecule has 3 aromatic rings. The molecule has 0 fully saturated rings. The molecule has 1 aliphatic heterocycles. The molecule has 1 aliphatic rings. The Kier molecular flexibility index (Phi) is 7.94. The predicted octanol–water partition coefficient (Wildman–Crippen LogP) is 5.45. The van der Waals surface area contributed by atoms with Gasteiger partial charge in [0, 0.05) is 11.6 Å². The molecule has 0 bridgehead atoms. The second-order valence-electron chi connectivity index (χ2n) is 8.94. The molecule has 0 spiro atoms. The number of ether oxygens (including phenoxy) is 4. The topological polar surface area (TPSA) is 104 Å². The van der Waals surface area contributed by atoms with Gasteiger partial charge in [0.2, 0.25) is 5.88 Å². The fourth-order valence-electron chi connectivity index (χ4n) is 3.87. The van der Waals surface area contributed by atoms with E-state index in [2.05, 4.69) is 19.9 Å². The van der Waals surface area contributed by atoms with E-state index in [1.165, 1.54) is 24.3 Å². The Morgan fingerprint density at radius 3 is 2.54 bits per heavy atom. The highest BCUT2D eigenvalue weighted by Crippen LogP contribution is 2.44. The lowest BCUT2D eigenvalue weighted by molar-refractivity contribution is -0.136. The van der Waals surface area contributed by atoms with Crippen molar-refractivity contribution in [3.63, 3.8) is 0 Å². The maximum absolute atomic E-state index is 13.0. The number of nitrogens with two attached hydrogens (primary N) is 1. The first-order chi connectivity index (χ1) is 17.8. The summed E-state index contributed by atoms with van der Waals surface area (Å²) in [6, 6.07) is 19.9. The number of carbonyl (C=O) groups is 1. The SMILES string of the molecule is CC(C)CCOc1cccc(C2C(C#N)=C(N)Oc3cc(OC(=O)COc4ccc(F)cc4)ccc32)c1. The molecule has 2 N–H and O–H groups in total. The maximum Gasteiger partial charge on any atom is 0.349 e. The number of hydrogen-bond donors (Lipinski definition) is 1. The van der Waals surface area contributed by atoms with Crippen molar-refractivity contribution in [3.05, 3.63) is 95.1 Å². The number of nitrogens with zero attached hydrogens (tertiary/aromatic N) is 1. The second-order valence-corrected chi connectivity index (χ2v) is 8.94. The first-order valence-corrected chi connectivity index (χ1v) is 11.9.